The van der Waals surface area contributed by atoms with Crippen LogP contribution in [-0.4, -0.2) is 37.1 Å². The van der Waals surface area contributed by atoms with Crippen LogP contribution in [0.15, 0.2) is 24.7 Å². The number of rotatable bonds is 4. The van der Waals surface area contributed by atoms with E-state index in [0.717, 1.165) is 24.4 Å². The van der Waals surface area contributed by atoms with Gasteiger partial charge >= 0.3 is 5.97 Å². The first-order valence-corrected chi connectivity index (χ1v) is 9.05. The molecule has 2 atom stereocenters. The summed E-state index contributed by atoms with van der Waals surface area (Å²) in [6.07, 6.45) is 7.27. The zero-order chi connectivity index (χ0) is 19.0. The first-order chi connectivity index (χ1) is 13.0. The molecule has 1 fully saturated rings. The summed E-state index contributed by atoms with van der Waals surface area (Å²) in [4.78, 5) is 27.1. The highest BCUT2D eigenvalue weighted by Crippen LogP contribution is 2.30. The van der Waals surface area contributed by atoms with Crippen LogP contribution in [0.3, 0.4) is 0 Å². The minimum absolute atomic E-state index is 0.00230. The normalized spacial score (nSPS) is 19.9. The molecule has 0 bridgehead atoms. The number of halogens is 2. The standard InChI is InChI=1S/C18H17ClFN5O2/c19-9-5-11-12(7-22-15(11)21-6-9)16-23-8-13(20)17(25-16)24-14-4-2-1-3-10(14)18(26)27/h5-8,10,14H,1-4H2,(H,21,22)(H,26,27)(H,23,24,25)/t10-,14-/m1/s1. The Morgan fingerprint density at radius 3 is 2.93 bits per heavy atom. The molecule has 3 aromatic heterocycles. The van der Waals surface area contributed by atoms with E-state index in [1.165, 1.54) is 6.20 Å². The van der Waals surface area contributed by atoms with Gasteiger partial charge in [0.25, 0.3) is 0 Å². The summed E-state index contributed by atoms with van der Waals surface area (Å²) in [5, 5.41) is 13.6. The maximum Gasteiger partial charge on any atom is 0.308 e. The van der Waals surface area contributed by atoms with E-state index in [1.807, 2.05) is 0 Å². The van der Waals surface area contributed by atoms with Crippen molar-refractivity contribution in [3.05, 3.63) is 35.5 Å². The third-order valence-electron chi connectivity index (χ3n) is 4.89. The van der Waals surface area contributed by atoms with Crippen molar-refractivity contribution in [3.8, 4) is 11.4 Å². The van der Waals surface area contributed by atoms with Gasteiger partial charge in [-0.15, -0.1) is 0 Å². The largest absolute Gasteiger partial charge is 0.481 e. The number of hydrogen-bond donors (Lipinski definition) is 3. The molecule has 4 rings (SSSR count). The second-order valence-electron chi connectivity index (χ2n) is 6.62. The van der Waals surface area contributed by atoms with E-state index in [0.29, 0.717) is 34.9 Å². The Labute approximate surface area is 159 Å². The van der Waals surface area contributed by atoms with Crippen LogP contribution in [0.25, 0.3) is 22.4 Å². The van der Waals surface area contributed by atoms with Crippen LogP contribution in [-0.2, 0) is 4.79 Å². The molecule has 0 aliphatic heterocycles. The van der Waals surface area contributed by atoms with E-state index in [9.17, 15) is 14.3 Å². The summed E-state index contributed by atoms with van der Waals surface area (Å²) in [6, 6.07) is 1.37. The molecule has 0 saturated heterocycles. The Balaban J connectivity index is 1.69. The Hall–Kier alpha value is -2.74. The van der Waals surface area contributed by atoms with E-state index in [-0.39, 0.29) is 11.9 Å². The van der Waals surface area contributed by atoms with Gasteiger partial charge in [0.15, 0.2) is 17.5 Å². The van der Waals surface area contributed by atoms with E-state index < -0.39 is 17.7 Å². The Morgan fingerprint density at radius 2 is 2.11 bits per heavy atom. The highest BCUT2D eigenvalue weighted by atomic mass is 35.5. The number of nitrogens with one attached hydrogen (secondary N) is 2. The van der Waals surface area contributed by atoms with Gasteiger partial charge in [-0.1, -0.05) is 24.4 Å². The van der Waals surface area contributed by atoms with Gasteiger partial charge in [-0.25, -0.2) is 19.3 Å². The molecule has 3 N–H and O–H groups in total. The quantitative estimate of drug-likeness (QED) is 0.625. The summed E-state index contributed by atoms with van der Waals surface area (Å²) in [5.74, 6) is -1.75. The number of nitrogens with zero attached hydrogens (tertiary/aromatic N) is 3. The monoisotopic (exact) mass is 389 g/mol. The van der Waals surface area contributed by atoms with Crippen molar-refractivity contribution < 1.29 is 14.3 Å². The van der Waals surface area contributed by atoms with Crippen LogP contribution in [0, 0.1) is 11.7 Å². The zero-order valence-electron chi connectivity index (χ0n) is 14.2. The first-order valence-electron chi connectivity index (χ1n) is 8.68. The van der Waals surface area contributed by atoms with Crippen molar-refractivity contribution in [1.82, 2.24) is 19.9 Å². The van der Waals surface area contributed by atoms with Crippen molar-refractivity contribution in [3.63, 3.8) is 0 Å². The number of carboxylic acid groups (broad SMARTS) is 1. The molecule has 0 amide bonds. The van der Waals surface area contributed by atoms with Crippen LogP contribution >= 0.6 is 11.6 Å². The molecule has 0 unspecified atom stereocenters. The minimum Gasteiger partial charge on any atom is -0.481 e. The fourth-order valence-electron chi connectivity index (χ4n) is 3.54. The van der Waals surface area contributed by atoms with E-state index >= 15 is 0 Å². The molecule has 1 aliphatic rings. The summed E-state index contributed by atoms with van der Waals surface area (Å²) >= 11 is 6.02. The lowest BCUT2D eigenvalue weighted by atomic mass is 9.84. The smallest absolute Gasteiger partial charge is 0.308 e. The molecular formula is C18H17ClFN5O2. The van der Waals surface area contributed by atoms with Gasteiger partial charge in [-0.2, -0.15) is 0 Å². The fraction of sp³-hybridized carbons (Fsp3) is 0.333. The summed E-state index contributed by atoms with van der Waals surface area (Å²) in [5.41, 5.74) is 1.26. The second kappa shape index (κ2) is 7.11. The number of carbonyl (C=O) groups is 1. The van der Waals surface area contributed by atoms with Crippen LogP contribution in [0.2, 0.25) is 5.02 Å². The maximum atomic E-state index is 14.3. The third-order valence-corrected chi connectivity index (χ3v) is 5.09. The Kier molecular flexibility index (Phi) is 4.65. The predicted molar refractivity (Wildman–Crippen MR) is 99.1 cm³/mol. The van der Waals surface area contributed by atoms with Crippen LogP contribution in [0.5, 0.6) is 0 Å². The molecule has 0 radical (unpaired) electrons. The van der Waals surface area contributed by atoms with Gasteiger partial charge in [-0.05, 0) is 18.9 Å². The molecule has 7 nitrogen and oxygen atoms in total. The summed E-state index contributed by atoms with van der Waals surface area (Å²) in [6.45, 7) is 0. The van der Waals surface area contributed by atoms with Gasteiger partial charge in [-0.3, -0.25) is 4.79 Å². The number of H-pyrrole nitrogens is 1. The molecule has 9 heteroatoms. The number of hydrogen-bond acceptors (Lipinski definition) is 5. The summed E-state index contributed by atoms with van der Waals surface area (Å²) in [7, 11) is 0. The highest BCUT2D eigenvalue weighted by Gasteiger charge is 2.31. The lowest BCUT2D eigenvalue weighted by Gasteiger charge is -2.29. The van der Waals surface area contributed by atoms with Gasteiger partial charge in [0.1, 0.15) is 5.65 Å². The van der Waals surface area contributed by atoms with Crippen molar-refractivity contribution in [2.24, 2.45) is 5.92 Å². The second-order valence-corrected chi connectivity index (χ2v) is 7.06. The van der Waals surface area contributed by atoms with Crippen molar-refractivity contribution in [1.29, 1.82) is 0 Å². The molecule has 1 saturated carbocycles. The van der Waals surface area contributed by atoms with Gasteiger partial charge in [0.05, 0.1) is 17.1 Å². The van der Waals surface area contributed by atoms with Gasteiger partial charge in [0.2, 0.25) is 0 Å². The first kappa shape index (κ1) is 17.7. The maximum absolute atomic E-state index is 14.3. The molecule has 0 spiro atoms. The number of aromatic amines is 1. The molecule has 3 heterocycles. The van der Waals surface area contributed by atoms with E-state index in [2.05, 4.69) is 25.3 Å². The predicted octanol–water partition coefficient (Wildman–Crippen LogP) is 3.87. The van der Waals surface area contributed by atoms with Crippen molar-refractivity contribution in [2.45, 2.75) is 31.7 Å². The molecule has 3 aromatic rings. The minimum atomic E-state index is -0.876. The lowest BCUT2D eigenvalue weighted by Crippen LogP contribution is -2.37. The number of carboxylic acids is 1. The van der Waals surface area contributed by atoms with E-state index in [1.54, 1.807) is 12.3 Å². The van der Waals surface area contributed by atoms with Crippen LogP contribution in [0.1, 0.15) is 25.7 Å². The summed E-state index contributed by atoms with van der Waals surface area (Å²) < 4.78 is 14.3. The topological polar surface area (TPSA) is 104 Å². The van der Waals surface area contributed by atoms with Crippen molar-refractivity contribution in [2.75, 3.05) is 5.32 Å². The SMILES string of the molecule is O=C(O)[C@@H]1CCCC[C@H]1Nc1nc(-c2c[nH]c3ncc(Cl)cc23)ncc1F. The average Bonchev–Trinajstić information content (AvgIpc) is 3.07. The molecule has 27 heavy (non-hydrogen) atoms. The molecular weight excluding hydrogens is 373 g/mol. The van der Waals surface area contributed by atoms with Crippen LogP contribution < -0.4 is 5.32 Å². The molecule has 140 valence electrons. The van der Waals surface area contributed by atoms with E-state index in [4.69, 9.17) is 11.6 Å². The number of fused-ring (bicyclic) bond motifs is 1. The van der Waals surface area contributed by atoms with Crippen LogP contribution in [0.4, 0.5) is 10.2 Å². The number of anilines is 1. The molecule has 1 aliphatic carbocycles. The van der Waals surface area contributed by atoms with Gasteiger partial charge in [0, 0.05) is 29.4 Å². The number of pyridine rings is 1. The van der Waals surface area contributed by atoms with Gasteiger partial charge < -0.3 is 15.4 Å². The zero-order valence-corrected chi connectivity index (χ0v) is 15.0. The average molecular weight is 390 g/mol. The third kappa shape index (κ3) is 3.44. The molecule has 0 aromatic carbocycles. The van der Waals surface area contributed by atoms with Crippen molar-refractivity contribution >= 4 is 34.4 Å². The number of aromatic nitrogens is 4. The Morgan fingerprint density at radius 1 is 1.30 bits per heavy atom. The number of aliphatic carboxylic acids is 1. The Bertz CT molecular complexity index is 1010. The highest BCUT2D eigenvalue weighted by molar-refractivity contribution is 6.31. The fourth-order valence-corrected chi connectivity index (χ4v) is 3.69. The lowest BCUT2D eigenvalue weighted by molar-refractivity contribution is -0.143.